The number of nitriles is 1. The number of fused-ring (bicyclic) bond motifs is 1. The molecule has 1 aliphatic rings. The topological polar surface area (TPSA) is 156 Å². The highest BCUT2D eigenvalue weighted by atomic mass is 16.3. The molecule has 0 bridgehead atoms. The molecule has 11 heteroatoms. The molecular weight excluding hydrogens is 438 g/mol. The number of nitrogens with zero attached hydrogens (tertiary/aromatic N) is 6. The molecule has 0 aliphatic carbocycles. The number of anilines is 1. The van der Waals surface area contributed by atoms with E-state index in [0.717, 1.165) is 0 Å². The Morgan fingerprint density at radius 2 is 2.03 bits per heavy atom. The van der Waals surface area contributed by atoms with Crippen LogP contribution in [0.4, 0.5) is 5.82 Å². The van der Waals surface area contributed by atoms with Gasteiger partial charge in [-0.15, -0.1) is 0 Å². The Labute approximate surface area is 195 Å². The Hall–Kier alpha value is -4.30. The molecule has 4 heterocycles. The number of aromatic hydroxyl groups is 1. The Balaban J connectivity index is 1.49. The molecule has 34 heavy (non-hydrogen) atoms. The maximum Gasteiger partial charge on any atom is 0.274 e. The highest BCUT2D eigenvalue weighted by Crippen LogP contribution is 2.28. The van der Waals surface area contributed by atoms with E-state index < -0.39 is 5.91 Å². The molecule has 0 aromatic carbocycles. The third-order valence-corrected chi connectivity index (χ3v) is 5.73. The zero-order valence-corrected chi connectivity index (χ0v) is 18.5. The maximum atomic E-state index is 12.6. The first-order valence-corrected chi connectivity index (χ1v) is 10.7. The van der Waals surface area contributed by atoms with Crippen LogP contribution in [0.25, 0.3) is 10.9 Å². The Kier molecular flexibility index (Phi) is 6.51. The molecule has 1 saturated heterocycles. The molecule has 1 atom stereocenters. The van der Waals surface area contributed by atoms with Gasteiger partial charge < -0.3 is 25.3 Å². The summed E-state index contributed by atoms with van der Waals surface area (Å²) in [4.78, 5) is 40.6. The predicted molar refractivity (Wildman–Crippen MR) is 122 cm³/mol. The number of hydrogen-bond acceptors (Lipinski definition) is 9. The highest BCUT2D eigenvalue weighted by molar-refractivity contribution is 6.00. The molecule has 0 radical (unpaired) electrons. The lowest BCUT2D eigenvalue weighted by Crippen LogP contribution is -2.56. The second-order valence-electron chi connectivity index (χ2n) is 7.90. The van der Waals surface area contributed by atoms with Crippen molar-refractivity contribution in [1.29, 1.82) is 5.26 Å². The molecule has 2 amide bonds. The number of pyridine rings is 3. The van der Waals surface area contributed by atoms with Crippen molar-refractivity contribution in [2.45, 2.75) is 19.5 Å². The van der Waals surface area contributed by atoms with Crippen LogP contribution < -0.4 is 10.2 Å². The van der Waals surface area contributed by atoms with Gasteiger partial charge >= 0.3 is 0 Å². The third kappa shape index (κ3) is 4.57. The van der Waals surface area contributed by atoms with Gasteiger partial charge in [0.15, 0.2) is 11.4 Å². The van der Waals surface area contributed by atoms with Crippen LogP contribution in [0.5, 0.6) is 5.75 Å². The van der Waals surface area contributed by atoms with Gasteiger partial charge in [-0.25, -0.2) is 15.0 Å². The van der Waals surface area contributed by atoms with Crippen molar-refractivity contribution >= 4 is 28.5 Å². The molecule has 1 aliphatic heterocycles. The Morgan fingerprint density at radius 3 is 2.71 bits per heavy atom. The van der Waals surface area contributed by atoms with Crippen molar-refractivity contribution in [1.82, 2.24) is 25.2 Å². The zero-order valence-electron chi connectivity index (χ0n) is 18.5. The number of hydrogen-bond donors (Lipinski definition) is 3. The largest absolute Gasteiger partial charge is 0.505 e. The number of nitrogens with one attached hydrogen (secondary N) is 1. The zero-order chi connectivity index (χ0) is 24.2. The van der Waals surface area contributed by atoms with Gasteiger partial charge in [0.25, 0.3) is 5.91 Å². The van der Waals surface area contributed by atoms with Crippen molar-refractivity contribution in [3.63, 3.8) is 0 Å². The average molecular weight is 461 g/mol. The van der Waals surface area contributed by atoms with E-state index in [1.54, 1.807) is 29.2 Å². The van der Waals surface area contributed by atoms with E-state index in [0.29, 0.717) is 41.9 Å². The number of piperazine rings is 1. The molecular formula is C23H23N7O4. The van der Waals surface area contributed by atoms with Crippen LogP contribution in [0.1, 0.15) is 28.7 Å². The molecule has 3 N–H and O–H groups in total. The molecule has 1 fully saturated rings. The number of rotatable bonds is 5. The van der Waals surface area contributed by atoms with Gasteiger partial charge in [0, 0.05) is 44.7 Å². The number of carbonyl (C=O) groups is 2. The first-order chi connectivity index (χ1) is 16.4. The lowest BCUT2D eigenvalue weighted by Gasteiger charge is -2.40. The van der Waals surface area contributed by atoms with Gasteiger partial charge in [0.1, 0.15) is 17.6 Å². The molecule has 3 aromatic heterocycles. The minimum atomic E-state index is -0.557. The average Bonchev–Trinajstić information content (AvgIpc) is 2.87. The fraction of sp³-hybridized carbons (Fsp3) is 0.304. The van der Waals surface area contributed by atoms with Gasteiger partial charge in [0.05, 0.1) is 24.4 Å². The lowest BCUT2D eigenvalue weighted by atomic mass is 10.1. The van der Waals surface area contributed by atoms with Gasteiger partial charge in [-0.1, -0.05) is 6.07 Å². The summed E-state index contributed by atoms with van der Waals surface area (Å²) in [5.74, 6) is -0.290. The van der Waals surface area contributed by atoms with Crippen molar-refractivity contribution in [2.75, 3.05) is 31.1 Å². The molecule has 0 spiro atoms. The van der Waals surface area contributed by atoms with E-state index in [9.17, 15) is 19.8 Å². The Bertz CT molecular complexity index is 1270. The number of aliphatic hydroxyl groups is 1. The van der Waals surface area contributed by atoms with Crippen LogP contribution in [0, 0.1) is 11.3 Å². The molecule has 3 aromatic rings. The van der Waals surface area contributed by atoms with Gasteiger partial charge in [0.2, 0.25) is 5.91 Å². The quantitative estimate of drug-likeness (QED) is 0.494. The van der Waals surface area contributed by atoms with E-state index in [1.165, 1.54) is 19.3 Å². The second-order valence-corrected chi connectivity index (χ2v) is 7.90. The first kappa shape index (κ1) is 22.9. The summed E-state index contributed by atoms with van der Waals surface area (Å²) in [6.07, 6.45) is 2.92. The van der Waals surface area contributed by atoms with Gasteiger partial charge in [-0.3, -0.25) is 9.59 Å². The fourth-order valence-electron chi connectivity index (χ4n) is 3.91. The predicted octanol–water partition coefficient (Wildman–Crippen LogP) is 0.561. The van der Waals surface area contributed by atoms with E-state index in [2.05, 4.69) is 20.3 Å². The normalized spacial score (nSPS) is 15.7. The molecule has 0 saturated carbocycles. The van der Waals surface area contributed by atoms with Crippen molar-refractivity contribution in [2.24, 2.45) is 0 Å². The number of amides is 2. The van der Waals surface area contributed by atoms with Crippen molar-refractivity contribution < 1.29 is 19.8 Å². The summed E-state index contributed by atoms with van der Waals surface area (Å²) < 4.78 is 0. The summed E-state index contributed by atoms with van der Waals surface area (Å²) in [5, 5.41) is 32.2. The van der Waals surface area contributed by atoms with Crippen LogP contribution in [0.3, 0.4) is 0 Å². The summed E-state index contributed by atoms with van der Waals surface area (Å²) in [7, 11) is 0. The SMILES string of the molecule is CC(=O)N1CCN(c2ccc3c(O)c(C(=O)NCc4ccc(C#N)nc4)ncc3n2)CC1CO. The molecule has 174 valence electrons. The highest BCUT2D eigenvalue weighted by Gasteiger charge is 2.29. The van der Waals surface area contributed by atoms with Crippen molar-refractivity contribution in [3.05, 3.63) is 53.6 Å². The number of aromatic nitrogens is 3. The minimum absolute atomic E-state index is 0.0828. The van der Waals surface area contributed by atoms with Crippen LogP contribution >= 0.6 is 0 Å². The summed E-state index contributed by atoms with van der Waals surface area (Å²) in [6, 6.07) is 8.23. The monoisotopic (exact) mass is 461 g/mol. The van der Waals surface area contributed by atoms with Crippen molar-refractivity contribution in [3.8, 4) is 11.8 Å². The summed E-state index contributed by atoms with van der Waals surface area (Å²) >= 11 is 0. The molecule has 1 unspecified atom stereocenters. The first-order valence-electron chi connectivity index (χ1n) is 10.7. The van der Waals surface area contributed by atoms with Gasteiger partial charge in [-0.05, 0) is 23.8 Å². The standard InChI is InChI=1S/C23H23N7O4/c1-14(32)30-7-6-29(12-17(30)13-31)20-5-4-18-19(28-20)11-26-21(22(18)33)23(34)27-10-15-2-3-16(8-24)25-9-15/h2-5,9,11,17,31,33H,6-7,10,12-13H2,1H3,(H,27,34). The van der Waals surface area contributed by atoms with Crippen LogP contribution in [-0.2, 0) is 11.3 Å². The van der Waals surface area contributed by atoms with E-state index in [4.69, 9.17) is 5.26 Å². The van der Waals surface area contributed by atoms with E-state index >= 15 is 0 Å². The van der Waals surface area contributed by atoms with Crippen LogP contribution in [-0.4, -0.2) is 74.2 Å². The van der Waals surface area contributed by atoms with Crippen LogP contribution in [0.15, 0.2) is 36.7 Å². The lowest BCUT2D eigenvalue weighted by molar-refractivity contribution is -0.132. The van der Waals surface area contributed by atoms with Crippen LogP contribution in [0.2, 0.25) is 0 Å². The summed E-state index contributed by atoms with van der Waals surface area (Å²) in [5.41, 5.74) is 1.27. The number of aliphatic hydroxyl groups excluding tert-OH is 1. The number of carbonyl (C=O) groups excluding carboxylic acids is 2. The smallest absolute Gasteiger partial charge is 0.274 e. The third-order valence-electron chi connectivity index (χ3n) is 5.73. The minimum Gasteiger partial charge on any atom is -0.505 e. The fourth-order valence-corrected chi connectivity index (χ4v) is 3.91. The Morgan fingerprint density at radius 1 is 1.21 bits per heavy atom. The molecule has 4 rings (SSSR count). The van der Waals surface area contributed by atoms with Gasteiger partial charge in [-0.2, -0.15) is 5.26 Å². The maximum absolute atomic E-state index is 12.6. The molecule has 11 nitrogen and oxygen atoms in total. The summed E-state index contributed by atoms with van der Waals surface area (Å²) in [6.45, 7) is 2.94. The van der Waals surface area contributed by atoms with E-state index in [1.807, 2.05) is 11.0 Å². The second kappa shape index (κ2) is 9.68. The van der Waals surface area contributed by atoms with E-state index in [-0.39, 0.29) is 42.2 Å².